The molecular weight excluding hydrogens is 396 g/mol. The van der Waals surface area contributed by atoms with Gasteiger partial charge in [-0.05, 0) is 43.2 Å². The summed E-state index contributed by atoms with van der Waals surface area (Å²) in [5.41, 5.74) is 2.37. The molecule has 7 heteroatoms. The van der Waals surface area contributed by atoms with Crippen molar-refractivity contribution in [2.45, 2.75) is 52.0 Å². The summed E-state index contributed by atoms with van der Waals surface area (Å²) in [5.74, 6) is -2.17. The molecule has 0 radical (unpaired) electrons. The Morgan fingerprint density at radius 2 is 1.61 bits per heavy atom. The van der Waals surface area contributed by atoms with Gasteiger partial charge in [0.2, 0.25) is 11.8 Å². The Morgan fingerprint density at radius 3 is 2.16 bits per heavy atom. The number of likely N-dealkylation sites (tertiary alicyclic amines) is 1. The molecule has 0 saturated carbocycles. The van der Waals surface area contributed by atoms with E-state index in [1.54, 1.807) is 0 Å². The lowest BCUT2D eigenvalue weighted by Crippen LogP contribution is -2.45. The van der Waals surface area contributed by atoms with Crippen LogP contribution in [0.25, 0.3) is 0 Å². The smallest absolute Gasteiger partial charge is 0.329 e. The van der Waals surface area contributed by atoms with E-state index in [0.29, 0.717) is 31.7 Å². The molecule has 1 N–H and O–H groups in total. The van der Waals surface area contributed by atoms with Crippen molar-refractivity contribution >= 4 is 23.7 Å². The summed E-state index contributed by atoms with van der Waals surface area (Å²) in [7, 11) is 0. The van der Waals surface area contributed by atoms with Gasteiger partial charge in [0.25, 0.3) is 5.91 Å². The van der Waals surface area contributed by atoms with Crippen LogP contribution in [0.4, 0.5) is 0 Å². The third kappa shape index (κ3) is 5.21. The van der Waals surface area contributed by atoms with Gasteiger partial charge < -0.3 is 10.1 Å². The first-order chi connectivity index (χ1) is 14.8. The number of nitrogens with zero attached hydrogens (tertiary/aromatic N) is 1. The highest BCUT2D eigenvalue weighted by molar-refractivity contribution is 6.08. The van der Waals surface area contributed by atoms with Crippen LogP contribution >= 0.6 is 0 Å². The van der Waals surface area contributed by atoms with E-state index in [-0.39, 0.29) is 11.8 Å². The number of esters is 1. The van der Waals surface area contributed by atoms with E-state index in [4.69, 9.17) is 4.74 Å². The average Bonchev–Trinajstić information content (AvgIpc) is 3.02. The third-order valence-electron chi connectivity index (χ3n) is 6.00. The maximum absolute atomic E-state index is 12.6. The van der Waals surface area contributed by atoms with E-state index in [1.165, 1.54) is 12.5 Å². The normalized spacial score (nSPS) is 21.2. The SMILES string of the molecule is CC(C)c1ccc(CCNC(=O)COC(=O)[C@H](C)N2C(=O)[C@H]3CC=CC[C@@H]3C2=O)cc1. The van der Waals surface area contributed by atoms with E-state index in [2.05, 4.69) is 31.3 Å². The Hall–Kier alpha value is -2.96. The molecule has 0 spiro atoms. The van der Waals surface area contributed by atoms with E-state index < -0.39 is 36.4 Å². The molecule has 1 saturated heterocycles. The van der Waals surface area contributed by atoms with Gasteiger partial charge in [-0.15, -0.1) is 0 Å². The number of fused-ring (bicyclic) bond motifs is 1. The third-order valence-corrected chi connectivity index (χ3v) is 6.00. The molecule has 1 heterocycles. The first-order valence-corrected chi connectivity index (χ1v) is 10.8. The van der Waals surface area contributed by atoms with E-state index in [0.717, 1.165) is 10.5 Å². The van der Waals surface area contributed by atoms with Crippen molar-refractivity contribution in [1.29, 1.82) is 0 Å². The predicted octanol–water partition coefficient (Wildman–Crippen LogP) is 2.35. The number of carbonyl (C=O) groups is 4. The zero-order chi connectivity index (χ0) is 22.5. The average molecular weight is 427 g/mol. The summed E-state index contributed by atoms with van der Waals surface area (Å²) in [5, 5.41) is 2.72. The largest absolute Gasteiger partial charge is 0.454 e. The molecule has 31 heavy (non-hydrogen) atoms. The van der Waals surface area contributed by atoms with Crippen LogP contribution in [-0.2, 0) is 30.3 Å². The maximum Gasteiger partial charge on any atom is 0.329 e. The molecule has 7 nitrogen and oxygen atoms in total. The standard InChI is InChI=1S/C24H30N2O5/c1-15(2)18-10-8-17(9-11-18)12-13-25-21(27)14-31-24(30)16(3)26-22(28)19-6-4-5-7-20(19)23(26)29/h4-5,8-11,15-16,19-20H,6-7,12-14H2,1-3H3,(H,25,27)/t16-,19-,20-/m0/s1. The molecule has 0 aromatic heterocycles. The number of hydrogen-bond donors (Lipinski definition) is 1. The van der Waals surface area contributed by atoms with E-state index in [9.17, 15) is 19.2 Å². The first-order valence-electron chi connectivity index (χ1n) is 10.8. The first kappa shape index (κ1) is 22.7. The van der Waals surface area contributed by atoms with E-state index >= 15 is 0 Å². The second-order valence-electron chi connectivity index (χ2n) is 8.48. The fourth-order valence-electron chi connectivity index (χ4n) is 4.04. The monoisotopic (exact) mass is 426 g/mol. The zero-order valence-corrected chi connectivity index (χ0v) is 18.3. The van der Waals surface area contributed by atoms with Crippen molar-refractivity contribution < 1.29 is 23.9 Å². The van der Waals surface area contributed by atoms with E-state index in [1.807, 2.05) is 24.3 Å². The molecule has 1 aromatic rings. The Morgan fingerprint density at radius 1 is 1.03 bits per heavy atom. The number of nitrogens with one attached hydrogen (secondary N) is 1. The summed E-state index contributed by atoms with van der Waals surface area (Å²) in [6.45, 7) is 5.71. The van der Waals surface area contributed by atoms with Gasteiger partial charge in [0.05, 0.1) is 11.8 Å². The van der Waals surface area contributed by atoms with Crippen LogP contribution in [-0.4, -0.2) is 47.8 Å². The van der Waals surface area contributed by atoms with Gasteiger partial charge in [0.1, 0.15) is 6.04 Å². The van der Waals surface area contributed by atoms with Gasteiger partial charge in [0, 0.05) is 6.54 Å². The van der Waals surface area contributed by atoms with Crippen LogP contribution in [0.15, 0.2) is 36.4 Å². The van der Waals surface area contributed by atoms with Gasteiger partial charge >= 0.3 is 5.97 Å². The molecule has 0 bridgehead atoms. The Bertz CT molecular complexity index is 848. The van der Waals surface area contributed by atoms with Crippen molar-refractivity contribution in [1.82, 2.24) is 10.2 Å². The minimum atomic E-state index is -1.04. The van der Waals surface area contributed by atoms with Crippen molar-refractivity contribution in [2.75, 3.05) is 13.2 Å². The molecule has 1 aliphatic carbocycles. The molecule has 166 valence electrons. The highest BCUT2D eigenvalue weighted by atomic mass is 16.5. The summed E-state index contributed by atoms with van der Waals surface area (Å²) in [6.07, 6.45) is 5.47. The second-order valence-corrected chi connectivity index (χ2v) is 8.48. The number of imide groups is 1. The van der Waals surface area contributed by atoms with Crippen molar-refractivity contribution in [3.63, 3.8) is 0 Å². The lowest BCUT2D eigenvalue weighted by molar-refractivity contribution is -0.159. The highest BCUT2D eigenvalue weighted by Crippen LogP contribution is 2.36. The fraction of sp³-hybridized carbons (Fsp3) is 0.500. The summed E-state index contributed by atoms with van der Waals surface area (Å²) in [4.78, 5) is 50.5. The molecule has 3 atom stereocenters. The van der Waals surface area contributed by atoms with Gasteiger partial charge in [-0.25, -0.2) is 4.79 Å². The van der Waals surface area contributed by atoms with Gasteiger partial charge in [-0.2, -0.15) is 0 Å². The molecule has 0 unspecified atom stereocenters. The summed E-state index contributed by atoms with van der Waals surface area (Å²) >= 11 is 0. The molecule has 1 aliphatic heterocycles. The molecule has 3 amide bonds. The molecule has 1 fully saturated rings. The number of allylic oxidation sites excluding steroid dienone is 2. The molecule has 1 aromatic carbocycles. The molecular formula is C24H30N2O5. The summed E-state index contributed by atoms with van der Waals surface area (Å²) < 4.78 is 5.06. The Balaban J connectivity index is 1.42. The van der Waals surface area contributed by atoms with Crippen LogP contribution in [0.5, 0.6) is 0 Å². The predicted molar refractivity (Wildman–Crippen MR) is 115 cm³/mol. The van der Waals surface area contributed by atoms with Gasteiger partial charge in [-0.1, -0.05) is 50.3 Å². The van der Waals surface area contributed by atoms with Gasteiger partial charge in [0.15, 0.2) is 6.61 Å². The van der Waals surface area contributed by atoms with Crippen LogP contribution in [0.2, 0.25) is 0 Å². The minimum Gasteiger partial charge on any atom is -0.454 e. The minimum absolute atomic E-state index is 0.336. The molecule has 3 rings (SSSR count). The topological polar surface area (TPSA) is 92.8 Å². The number of ether oxygens (including phenoxy) is 1. The van der Waals surface area contributed by atoms with Crippen LogP contribution in [0.3, 0.4) is 0 Å². The Labute approximate surface area is 182 Å². The van der Waals surface area contributed by atoms with Crippen molar-refractivity contribution in [3.05, 3.63) is 47.5 Å². The van der Waals surface area contributed by atoms with Crippen LogP contribution in [0.1, 0.15) is 50.7 Å². The fourth-order valence-corrected chi connectivity index (χ4v) is 4.04. The number of amides is 3. The number of rotatable bonds is 8. The number of hydrogen-bond acceptors (Lipinski definition) is 5. The number of benzene rings is 1. The summed E-state index contributed by atoms with van der Waals surface area (Å²) in [6, 6.07) is 7.20. The van der Waals surface area contributed by atoms with Gasteiger partial charge in [-0.3, -0.25) is 19.3 Å². The maximum atomic E-state index is 12.6. The van der Waals surface area contributed by atoms with Crippen LogP contribution in [0, 0.1) is 11.8 Å². The van der Waals surface area contributed by atoms with Crippen molar-refractivity contribution in [2.24, 2.45) is 11.8 Å². The lowest BCUT2D eigenvalue weighted by Gasteiger charge is -2.21. The lowest BCUT2D eigenvalue weighted by atomic mass is 9.85. The quantitative estimate of drug-likeness (QED) is 0.391. The second kappa shape index (κ2) is 9.90. The highest BCUT2D eigenvalue weighted by Gasteiger charge is 2.50. The Kier molecular flexibility index (Phi) is 7.25. The zero-order valence-electron chi connectivity index (χ0n) is 18.3. The van der Waals surface area contributed by atoms with Crippen molar-refractivity contribution in [3.8, 4) is 0 Å². The number of carbonyl (C=O) groups excluding carboxylic acids is 4. The molecule has 2 aliphatic rings. The van der Waals surface area contributed by atoms with Crippen LogP contribution < -0.4 is 5.32 Å².